The molecule has 1 N–H and O–H groups in total. The van der Waals surface area contributed by atoms with Crippen LogP contribution in [0.3, 0.4) is 0 Å². The quantitative estimate of drug-likeness (QED) is 0.907. The van der Waals surface area contributed by atoms with Crippen LogP contribution in [-0.2, 0) is 13.6 Å². The van der Waals surface area contributed by atoms with Crippen LogP contribution in [0.2, 0.25) is 0 Å². The predicted octanol–water partition coefficient (Wildman–Crippen LogP) is 1.89. The van der Waals surface area contributed by atoms with E-state index < -0.39 is 12.8 Å². The highest BCUT2D eigenvalue weighted by molar-refractivity contribution is 5.85. The van der Waals surface area contributed by atoms with Crippen LogP contribution in [0.15, 0.2) is 0 Å². The smallest absolute Gasteiger partial charge is 0.422 e. The van der Waals surface area contributed by atoms with E-state index in [0.717, 1.165) is 25.2 Å². The Morgan fingerprint density at radius 1 is 1.41 bits per heavy atom. The van der Waals surface area contributed by atoms with E-state index >= 15 is 0 Å². The second-order valence-electron chi connectivity index (χ2n) is 5.49. The topological polar surface area (TPSA) is 42.3 Å². The molecule has 0 bridgehead atoms. The molecule has 0 radical (unpaired) electrons. The number of hydrogen-bond donors (Lipinski definition) is 1. The van der Waals surface area contributed by atoms with Crippen molar-refractivity contribution >= 4 is 12.4 Å². The van der Waals surface area contributed by atoms with Crippen molar-refractivity contribution in [3.05, 3.63) is 11.3 Å². The molecule has 0 spiro atoms. The van der Waals surface area contributed by atoms with Gasteiger partial charge in [0.1, 0.15) is 0 Å². The fourth-order valence-electron chi connectivity index (χ4n) is 2.57. The Labute approximate surface area is 134 Å². The summed E-state index contributed by atoms with van der Waals surface area (Å²) in [7, 11) is 1.60. The van der Waals surface area contributed by atoms with E-state index in [9.17, 15) is 13.2 Å². The fourth-order valence-corrected chi connectivity index (χ4v) is 2.57. The van der Waals surface area contributed by atoms with E-state index in [4.69, 9.17) is 4.74 Å². The lowest BCUT2D eigenvalue weighted by molar-refractivity contribution is -0.154. The maximum atomic E-state index is 12.3. The highest BCUT2D eigenvalue weighted by Crippen LogP contribution is 2.26. The highest BCUT2D eigenvalue weighted by atomic mass is 35.5. The second-order valence-corrected chi connectivity index (χ2v) is 5.49. The Morgan fingerprint density at radius 3 is 2.68 bits per heavy atom. The van der Waals surface area contributed by atoms with Gasteiger partial charge in [-0.1, -0.05) is 0 Å². The van der Waals surface area contributed by atoms with E-state index in [-0.39, 0.29) is 18.3 Å². The molecule has 5 nitrogen and oxygen atoms in total. The minimum atomic E-state index is -4.35. The van der Waals surface area contributed by atoms with Gasteiger partial charge in [-0.05, 0) is 13.8 Å². The average Bonchev–Trinajstić information content (AvgIpc) is 2.61. The molecule has 1 aromatic rings. The average molecular weight is 343 g/mol. The Morgan fingerprint density at radius 2 is 2.09 bits per heavy atom. The third-order valence-corrected chi connectivity index (χ3v) is 3.50. The molecule has 1 aliphatic rings. The maximum Gasteiger partial charge on any atom is 0.422 e. The van der Waals surface area contributed by atoms with Gasteiger partial charge in [0.25, 0.3) is 0 Å². The van der Waals surface area contributed by atoms with Crippen LogP contribution >= 0.6 is 12.4 Å². The number of hydrogen-bond acceptors (Lipinski definition) is 4. The van der Waals surface area contributed by atoms with Crippen LogP contribution in [0.25, 0.3) is 0 Å². The van der Waals surface area contributed by atoms with E-state index in [2.05, 4.69) is 22.2 Å². The summed E-state index contributed by atoms with van der Waals surface area (Å²) in [5.74, 6) is 0.205. The van der Waals surface area contributed by atoms with Gasteiger partial charge in [-0.3, -0.25) is 4.90 Å². The van der Waals surface area contributed by atoms with Crippen LogP contribution in [0.4, 0.5) is 13.2 Å². The molecule has 1 fully saturated rings. The Hall–Kier alpha value is -0.990. The zero-order valence-corrected chi connectivity index (χ0v) is 13.7. The molecule has 0 aromatic carbocycles. The maximum absolute atomic E-state index is 12.3. The van der Waals surface area contributed by atoms with Gasteiger partial charge in [0, 0.05) is 39.3 Å². The first-order chi connectivity index (χ1) is 9.76. The molecule has 1 unspecified atom stereocenters. The van der Waals surface area contributed by atoms with E-state index in [0.29, 0.717) is 18.3 Å². The van der Waals surface area contributed by atoms with Crippen LogP contribution in [0, 0.1) is 6.92 Å². The Kier molecular flexibility index (Phi) is 6.51. The number of ether oxygens (including phenoxy) is 1. The summed E-state index contributed by atoms with van der Waals surface area (Å²) < 4.78 is 43.4. The molecule has 9 heteroatoms. The molecule has 2 rings (SSSR count). The summed E-state index contributed by atoms with van der Waals surface area (Å²) in [6.07, 6.45) is -4.35. The first kappa shape index (κ1) is 19.1. The van der Waals surface area contributed by atoms with Crippen molar-refractivity contribution in [2.75, 3.05) is 26.2 Å². The van der Waals surface area contributed by atoms with Crippen molar-refractivity contribution in [3.8, 4) is 5.88 Å². The van der Waals surface area contributed by atoms with E-state index in [1.54, 1.807) is 14.0 Å². The molecular weight excluding hydrogens is 321 g/mol. The Balaban J connectivity index is 0.00000242. The van der Waals surface area contributed by atoms with E-state index in [1.165, 1.54) is 4.68 Å². The molecule has 128 valence electrons. The van der Waals surface area contributed by atoms with Gasteiger partial charge in [0.05, 0.1) is 11.3 Å². The number of piperazine rings is 1. The van der Waals surface area contributed by atoms with Gasteiger partial charge in [0.2, 0.25) is 5.88 Å². The van der Waals surface area contributed by atoms with Crippen LogP contribution in [-0.4, -0.2) is 53.1 Å². The molecule has 1 aliphatic heterocycles. The molecule has 0 amide bonds. The molecule has 1 aromatic heterocycles. The molecule has 0 saturated carbocycles. The normalized spacial score (nSPS) is 19.8. The molecule has 0 aliphatic carbocycles. The van der Waals surface area contributed by atoms with Gasteiger partial charge in [0.15, 0.2) is 6.61 Å². The summed E-state index contributed by atoms with van der Waals surface area (Å²) in [5, 5.41) is 7.51. The first-order valence-electron chi connectivity index (χ1n) is 6.94. The summed E-state index contributed by atoms with van der Waals surface area (Å²) in [6, 6.07) is 0.371. The SMILES string of the molecule is Cc1nn(C)c(OCC(F)(F)F)c1CN1CCNC(C)C1.Cl. The minimum Gasteiger partial charge on any atom is -0.468 e. The monoisotopic (exact) mass is 342 g/mol. The van der Waals surface area contributed by atoms with Gasteiger partial charge in [-0.15, -0.1) is 12.4 Å². The van der Waals surface area contributed by atoms with Crippen molar-refractivity contribution in [1.82, 2.24) is 20.0 Å². The summed E-state index contributed by atoms with van der Waals surface area (Å²) in [5.41, 5.74) is 1.44. The van der Waals surface area contributed by atoms with Crippen LogP contribution in [0.1, 0.15) is 18.2 Å². The van der Waals surface area contributed by atoms with E-state index in [1.807, 2.05) is 0 Å². The largest absolute Gasteiger partial charge is 0.468 e. The minimum absolute atomic E-state index is 0. The number of halogens is 4. The van der Waals surface area contributed by atoms with Crippen molar-refractivity contribution in [2.24, 2.45) is 7.05 Å². The van der Waals surface area contributed by atoms with Crippen molar-refractivity contribution in [1.29, 1.82) is 0 Å². The fraction of sp³-hybridized carbons (Fsp3) is 0.769. The van der Waals surface area contributed by atoms with Gasteiger partial charge in [-0.25, -0.2) is 4.68 Å². The van der Waals surface area contributed by atoms with Crippen molar-refractivity contribution in [2.45, 2.75) is 32.6 Å². The molecule has 1 saturated heterocycles. The number of aromatic nitrogens is 2. The van der Waals surface area contributed by atoms with Crippen molar-refractivity contribution in [3.63, 3.8) is 0 Å². The third-order valence-electron chi connectivity index (χ3n) is 3.50. The highest BCUT2D eigenvalue weighted by Gasteiger charge is 2.30. The Bertz CT molecular complexity index is 492. The molecule has 22 heavy (non-hydrogen) atoms. The standard InChI is InChI=1S/C13H21F3N4O.ClH/c1-9-6-20(5-4-17-9)7-11-10(2)18-19(3)12(11)21-8-13(14,15)16;/h9,17H,4-8H2,1-3H3;1H. The second kappa shape index (κ2) is 7.52. The summed E-state index contributed by atoms with van der Waals surface area (Å²) in [4.78, 5) is 2.20. The van der Waals surface area contributed by atoms with Gasteiger partial charge < -0.3 is 10.1 Å². The lowest BCUT2D eigenvalue weighted by Gasteiger charge is -2.31. The summed E-state index contributed by atoms with van der Waals surface area (Å²) in [6.45, 7) is 5.73. The number of aryl methyl sites for hydroxylation is 2. The number of nitrogens with one attached hydrogen (secondary N) is 1. The lowest BCUT2D eigenvalue weighted by atomic mass is 10.2. The lowest BCUT2D eigenvalue weighted by Crippen LogP contribution is -2.48. The van der Waals surface area contributed by atoms with Gasteiger partial charge in [-0.2, -0.15) is 18.3 Å². The van der Waals surface area contributed by atoms with Gasteiger partial charge >= 0.3 is 6.18 Å². The predicted molar refractivity (Wildman–Crippen MR) is 79.5 cm³/mol. The molecule has 1 atom stereocenters. The first-order valence-corrected chi connectivity index (χ1v) is 6.94. The molecule has 2 heterocycles. The number of nitrogens with zero attached hydrogens (tertiary/aromatic N) is 3. The molecular formula is C13H22ClF3N4O. The zero-order chi connectivity index (χ0) is 15.6. The number of alkyl halides is 3. The van der Waals surface area contributed by atoms with Crippen LogP contribution in [0.5, 0.6) is 5.88 Å². The van der Waals surface area contributed by atoms with Crippen LogP contribution < -0.4 is 10.1 Å². The third kappa shape index (κ3) is 5.03. The zero-order valence-electron chi connectivity index (χ0n) is 12.9. The number of rotatable bonds is 4. The van der Waals surface area contributed by atoms with Crippen molar-refractivity contribution < 1.29 is 17.9 Å². The summed E-state index contributed by atoms with van der Waals surface area (Å²) >= 11 is 0.